The van der Waals surface area contributed by atoms with Gasteiger partial charge in [0.2, 0.25) is 0 Å². The van der Waals surface area contributed by atoms with Crippen molar-refractivity contribution in [2.45, 2.75) is 51.3 Å². The Kier molecular flexibility index (Phi) is 8.49. The molecule has 1 heterocycles. The molecule has 3 rings (SSSR count). The minimum atomic E-state index is -5.72. The number of anilines is 1. The standard InChI is InChI=1S/C25H24F9N3O2/c1-12-6-8-36-21-17(37-13(2)5-4-7-35)11-19(38-3)22(20(12)21)39-18-10-15(24(29,30)31)14(23(26,27)28)9-16(18)25(32,33)34/h6,8-11,13,37H,4-5,7,35H2,1-3H3. The van der Waals surface area contributed by atoms with Crippen molar-refractivity contribution in [2.24, 2.45) is 5.73 Å². The molecule has 1 atom stereocenters. The van der Waals surface area contributed by atoms with Crippen LogP contribution in [0.3, 0.4) is 0 Å². The summed E-state index contributed by atoms with van der Waals surface area (Å²) < 4.78 is 133. The summed E-state index contributed by atoms with van der Waals surface area (Å²) in [5, 5.41) is 3.28. The van der Waals surface area contributed by atoms with Gasteiger partial charge in [-0.1, -0.05) is 0 Å². The molecular formula is C25H24F9N3O2. The number of benzene rings is 2. The number of fused-ring (bicyclic) bond motifs is 1. The van der Waals surface area contributed by atoms with Crippen molar-refractivity contribution in [1.29, 1.82) is 0 Å². The van der Waals surface area contributed by atoms with E-state index in [0.29, 0.717) is 30.6 Å². The molecule has 5 nitrogen and oxygen atoms in total. The van der Waals surface area contributed by atoms with Gasteiger partial charge in [-0.15, -0.1) is 0 Å². The molecule has 0 amide bonds. The maximum absolute atomic E-state index is 13.8. The first kappa shape index (κ1) is 30.1. The number of hydrogen-bond acceptors (Lipinski definition) is 5. The number of hydrogen-bond donors (Lipinski definition) is 2. The fourth-order valence-corrected chi connectivity index (χ4v) is 4.03. The number of nitrogens with one attached hydrogen (secondary N) is 1. The Hall–Kier alpha value is -3.42. The van der Waals surface area contributed by atoms with Gasteiger partial charge >= 0.3 is 18.5 Å². The van der Waals surface area contributed by atoms with Crippen molar-refractivity contribution >= 4 is 16.6 Å². The second-order valence-corrected chi connectivity index (χ2v) is 8.77. The first-order valence-electron chi connectivity index (χ1n) is 11.5. The topological polar surface area (TPSA) is 69.4 Å². The molecule has 14 heteroatoms. The quantitative estimate of drug-likeness (QED) is 0.270. The molecule has 1 aromatic heterocycles. The minimum Gasteiger partial charge on any atom is -0.493 e. The number of aromatic nitrogens is 1. The predicted octanol–water partition coefficient (Wildman–Crippen LogP) is 7.94. The minimum absolute atomic E-state index is 0.0898. The monoisotopic (exact) mass is 569 g/mol. The molecule has 39 heavy (non-hydrogen) atoms. The second kappa shape index (κ2) is 11.0. The zero-order valence-corrected chi connectivity index (χ0v) is 20.8. The molecule has 0 saturated heterocycles. The maximum atomic E-state index is 13.8. The molecule has 1 unspecified atom stereocenters. The van der Waals surface area contributed by atoms with Crippen LogP contribution < -0.4 is 20.5 Å². The van der Waals surface area contributed by atoms with E-state index in [9.17, 15) is 39.5 Å². The molecular weight excluding hydrogens is 545 g/mol. The van der Waals surface area contributed by atoms with Gasteiger partial charge < -0.3 is 20.5 Å². The Morgan fingerprint density at radius 2 is 1.49 bits per heavy atom. The molecule has 0 saturated carbocycles. The van der Waals surface area contributed by atoms with E-state index in [4.69, 9.17) is 15.2 Å². The molecule has 3 aromatic rings. The van der Waals surface area contributed by atoms with Crippen molar-refractivity contribution in [3.05, 3.63) is 52.7 Å². The zero-order valence-electron chi connectivity index (χ0n) is 20.8. The van der Waals surface area contributed by atoms with Crippen LogP contribution in [0.25, 0.3) is 10.9 Å². The summed E-state index contributed by atoms with van der Waals surface area (Å²) in [7, 11) is 1.15. The van der Waals surface area contributed by atoms with E-state index in [1.807, 2.05) is 6.92 Å². The predicted molar refractivity (Wildman–Crippen MR) is 126 cm³/mol. The van der Waals surface area contributed by atoms with Gasteiger partial charge in [0.25, 0.3) is 0 Å². The van der Waals surface area contributed by atoms with Crippen LogP contribution in [0.15, 0.2) is 30.5 Å². The lowest BCUT2D eigenvalue weighted by molar-refractivity contribution is -0.163. The highest BCUT2D eigenvalue weighted by Crippen LogP contribution is 2.50. The number of halogens is 9. The van der Waals surface area contributed by atoms with Crippen LogP contribution in [0.2, 0.25) is 0 Å². The average molecular weight is 569 g/mol. The number of alkyl halides is 9. The van der Waals surface area contributed by atoms with Gasteiger partial charge in [0, 0.05) is 18.3 Å². The number of rotatable bonds is 8. The third kappa shape index (κ3) is 6.60. The highest BCUT2D eigenvalue weighted by Gasteiger charge is 2.47. The van der Waals surface area contributed by atoms with Crippen molar-refractivity contribution in [3.8, 4) is 17.2 Å². The van der Waals surface area contributed by atoms with Gasteiger partial charge in [-0.25, -0.2) is 0 Å². The molecule has 0 bridgehead atoms. The van der Waals surface area contributed by atoms with Crippen LogP contribution in [0.5, 0.6) is 17.2 Å². The normalized spacial score (nSPS) is 13.5. The van der Waals surface area contributed by atoms with Crippen LogP contribution in [0.4, 0.5) is 45.2 Å². The maximum Gasteiger partial charge on any atom is 0.420 e. The molecule has 0 aliphatic carbocycles. The van der Waals surface area contributed by atoms with Gasteiger partial charge in [0.05, 0.1) is 40.4 Å². The van der Waals surface area contributed by atoms with Crippen LogP contribution >= 0.6 is 0 Å². The first-order valence-corrected chi connectivity index (χ1v) is 11.5. The number of pyridine rings is 1. The molecule has 0 aliphatic heterocycles. The number of nitrogens with two attached hydrogens (primary N) is 1. The Morgan fingerprint density at radius 3 is 2.03 bits per heavy atom. The smallest absolute Gasteiger partial charge is 0.420 e. The number of nitrogens with zero attached hydrogens (tertiary/aromatic N) is 1. The van der Waals surface area contributed by atoms with E-state index < -0.39 is 52.8 Å². The van der Waals surface area contributed by atoms with Crippen molar-refractivity contribution < 1.29 is 49.0 Å². The summed E-state index contributed by atoms with van der Waals surface area (Å²) in [5.41, 5.74) is -0.329. The lowest BCUT2D eigenvalue weighted by Crippen LogP contribution is -2.19. The Labute approximate surface area is 217 Å². The third-order valence-electron chi connectivity index (χ3n) is 5.85. The SMILES string of the molecule is COc1cc(NC(C)CCCN)c2nccc(C)c2c1Oc1cc(C(F)(F)F)c(C(F)(F)F)cc1C(F)(F)F. The highest BCUT2D eigenvalue weighted by atomic mass is 19.4. The van der Waals surface area contributed by atoms with Gasteiger partial charge in [-0.3, -0.25) is 4.98 Å². The van der Waals surface area contributed by atoms with Crippen LogP contribution in [-0.2, 0) is 18.5 Å². The van der Waals surface area contributed by atoms with E-state index in [0.717, 1.165) is 7.11 Å². The van der Waals surface area contributed by atoms with Gasteiger partial charge in [-0.2, -0.15) is 39.5 Å². The number of methoxy groups -OCH3 is 1. The summed E-state index contributed by atoms with van der Waals surface area (Å²) in [6.45, 7) is 3.84. The summed E-state index contributed by atoms with van der Waals surface area (Å²) >= 11 is 0. The van der Waals surface area contributed by atoms with E-state index in [1.165, 1.54) is 18.3 Å². The number of ether oxygens (including phenoxy) is 2. The molecule has 0 spiro atoms. The molecule has 3 N–H and O–H groups in total. The molecule has 0 radical (unpaired) electrons. The Morgan fingerprint density at radius 1 is 0.897 bits per heavy atom. The lowest BCUT2D eigenvalue weighted by Gasteiger charge is -2.23. The Bertz CT molecular complexity index is 1340. The van der Waals surface area contributed by atoms with E-state index in [-0.39, 0.29) is 28.8 Å². The fraction of sp³-hybridized carbons (Fsp3) is 0.400. The summed E-state index contributed by atoms with van der Waals surface area (Å²) in [4.78, 5) is 4.25. The largest absolute Gasteiger partial charge is 0.493 e. The van der Waals surface area contributed by atoms with Gasteiger partial charge in [0.15, 0.2) is 11.5 Å². The summed E-state index contributed by atoms with van der Waals surface area (Å²) in [6.07, 6.45) is -14.1. The summed E-state index contributed by atoms with van der Waals surface area (Å²) in [5.74, 6) is -2.12. The summed E-state index contributed by atoms with van der Waals surface area (Å²) in [6, 6.07) is 1.79. The van der Waals surface area contributed by atoms with Crippen LogP contribution in [0, 0.1) is 6.92 Å². The molecule has 0 fully saturated rings. The van der Waals surface area contributed by atoms with Crippen molar-refractivity contribution in [2.75, 3.05) is 19.0 Å². The zero-order chi connectivity index (χ0) is 29.3. The first-order chi connectivity index (χ1) is 18.0. The molecule has 214 valence electrons. The second-order valence-electron chi connectivity index (χ2n) is 8.77. The van der Waals surface area contributed by atoms with Crippen molar-refractivity contribution in [1.82, 2.24) is 4.98 Å². The number of aryl methyl sites for hydroxylation is 1. The lowest BCUT2D eigenvalue weighted by atomic mass is 10.0. The Balaban J connectivity index is 2.31. The van der Waals surface area contributed by atoms with E-state index in [2.05, 4.69) is 10.3 Å². The van der Waals surface area contributed by atoms with Crippen molar-refractivity contribution in [3.63, 3.8) is 0 Å². The third-order valence-corrected chi connectivity index (χ3v) is 5.85. The highest BCUT2D eigenvalue weighted by molar-refractivity contribution is 5.99. The van der Waals surface area contributed by atoms with E-state index in [1.54, 1.807) is 6.92 Å². The van der Waals surface area contributed by atoms with Gasteiger partial charge in [0.1, 0.15) is 5.75 Å². The molecule has 0 aliphatic rings. The van der Waals surface area contributed by atoms with Crippen LogP contribution in [-0.4, -0.2) is 24.7 Å². The average Bonchev–Trinajstić information content (AvgIpc) is 2.81. The van der Waals surface area contributed by atoms with Crippen LogP contribution in [0.1, 0.15) is 42.0 Å². The van der Waals surface area contributed by atoms with Gasteiger partial charge in [-0.05, 0) is 57.0 Å². The fourth-order valence-electron chi connectivity index (χ4n) is 4.03. The van der Waals surface area contributed by atoms with E-state index >= 15 is 0 Å². The molecule has 2 aromatic carbocycles.